The third-order valence-corrected chi connectivity index (χ3v) is 6.42. The minimum Gasteiger partial charge on any atom is -0.507 e. The summed E-state index contributed by atoms with van der Waals surface area (Å²) in [7, 11) is 1.61. The van der Waals surface area contributed by atoms with E-state index in [0.717, 1.165) is 42.6 Å². The van der Waals surface area contributed by atoms with Gasteiger partial charge >= 0.3 is 0 Å². The van der Waals surface area contributed by atoms with E-state index in [9.17, 15) is 14.7 Å². The van der Waals surface area contributed by atoms with Crippen molar-refractivity contribution < 1.29 is 19.4 Å². The lowest BCUT2D eigenvalue weighted by Crippen LogP contribution is -2.47. The molecule has 1 heterocycles. The standard InChI is InChI=1S/C25H30N2O4/c1-31-23-9-5-4-8-19(23)16-24(29)27-12-10-20(11-13-27)26-25(30)21-14-17-6-2-3-7-18(17)15-22(21)28/h4-5,8-9,14-15,20,28H,2-3,6-7,10-13,16H2,1H3,(H,26,30). The van der Waals surface area contributed by atoms with Crippen molar-refractivity contribution >= 4 is 11.8 Å². The molecule has 1 fully saturated rings. The number of rotatable bonds is 5. The number of piperidine rings is 1. The van der Waals surface area contributed by atoms with Crippen molar-refractivity contribution in [2.75, 3.05) is 20.2 Å². The summed E-state index contributed by atoms with van der Waals surface area (Å²) in [4.78, 5) is 27.4. The van der Waals surface area contributed by atoms with Crippen LogP contribution < -0.4 is 10.1 Å². The second-order valence-electron chi connectivity index (χ2n) is 8.46. The molecular weight excluding hydrogens is 392 g/mol. The molecule has 0 radical (unpaired) electrons. The van der Waals surface area contributed by atoms with Crippen LogP contribution in [-0.2, 0) is 24.1 Å². The number of aromatic hydroxyl groups is 1. The molecule has 2 aliphatic rings. The molecule has 0 aromatic heterocycles. The minimum atomic E-state index is -0.232. The van der Waals surface area contributed by atoms with Crippen molar-refractivity contribution in [1.82, 2.24) is 10.2 Å². The fourth-order valence-electron chi connectivity index (χ4n) is 4.61. The summed E-state index contributed by atoms with van der Waals surface area (Å²) in [6.07, 6.45) is 5.90. The van der Waals surface area contributed by atoms with Crippen LogP contribution in [0.1, 0.15) is 52.7 Å². The van der Waals surface area contributed by atoms with E-state index in [2.05, 4.69) is 5.32 Å². The molecular formula is C25H30N2O4. The lowest BCUT2D eigenvalue weighted by molar-refractivity contribution is -0.131. The highest BCUT2D eigenvalue weighted by Crippen LogP contribution is 2.29. The molecule has 2 aromatic carbocycles. The Morgan fingerprint density at radius 1 is 1.10 bits per heavy atom. The average molecular weight is 423 g/mol. The van der Waals surface area contributed by atoms with E-state index >= 15 is 0 Å². The van der Waals surface area contributed by atoms with Crippen LogP contribution in [0.4, 0.5) is 0 Å². The van der Waals surface area contributed by atoms with Gasteiger partial charge in [0.05, 0.1) is 19.1 Å². The van der Waals surface area contributed by atoms with Gasteiger partial charge in [-0.3, -0.25) is 9.59 Å². The smallest absolute Gasteiger partial charge is 0.255 e. The minimum absolute atomic E-state index is 0.00163. The molecule has 0 saturated carbocycles. The number of hydrogen-bond acceptors (Lipinski definition) is 4. The fourth-order valence-corrected chi connectivity index (χ4v) is 4.61. The number of nitrogens with zero attached hydrogens (tertiary/aromatic N) is 1. The largest absolute Gasteiger partial charge is 0.507 e. The van der Waals surface area contributed by atoms with Gasteiger partial charge in [-0.15, -0.1) is 0 Å². The van der Waals surface area contributed by atoms with Crippen molar-refractivity contribution in [3.63, 3.8) is 0 Å². The van der Waals surface area contributed by atoms with E-state index < -0.39 is 0 Å². The molecule has 31 heavy (non-hydrogen) atoms. The number of phenolic OH excluding ortho intramolecular Hbond substituents is 1. The summed E-state index contributed by atoms with van der Waals surface area (Å²) in [6, 6.07) is 11.2. The SMILES string of the molecule is COc1ccccc1CC(=O)N1CCC(NC(=O)c2cc3c(cc2O)CCCC3)CC1. The van der Waals surface area contributed by atoms with E-state index in [1.807, 2.05) is 35.2 Å². The second-order valence-corrected chi connectivity index (χ2v) is 8.46. The number of aryl methyl sites for hydroxylation is 2. The number of likely N-dealkylation sites (tertiary alicyclic amines) is 1. The molecule has 1 saturated heterocycles. The molecule has 1 aliphatic heterocycles. The Morgan fingerprint density at radius 3 is 2.48 bits per heavy atom. The molecule has 2 amide bonds. The van der Waals surface area contributed by atoms with Gasteiger partial charge in [-0.2, -0.15) is 0 Å². The normalized spacial score (nSPS) is 16.5. The first kappa shape index (κ1) is 21.2. The van der Waals surface area contributed by atoms with Crippen molar-refractivity contribution in [1.29, 1.82) is 0 Å². The van der Waals surface area contributed by atoms with E-state index in [-0.39, 0.29) is 23.6 Å². The Labute approximate surface area is 183 Å². The van der Waals surface area contributed by atoms with Gasteiger partial charge in [0.1, 0.15) is 11.5 Å². The van der Waals surface area contributed by atoms with Gasteiger partial charge in [0.25, 0.3) is 5.91 Å². The number of nitrogens with one attached hydrogen (secondary N) is 1. The van der Waals surface area contributed by atoms with Crippen LogP contribution in [0.3, 0.4) is 0 Å². The summed E-state index contributed by atoms with van der Waals surface area (Å²) >= 11 is 0. The van der Waals surface area contributed by atoms with Crippen LogP contribution in [0.5, 0.6) is 11.5 Å². The maximum absolute atomic E-state index is 12.8. The number of hydrogen-bond donors (Lipinski definition) is 2. The molecule has 0 bridgehead atoms. The van der Waals surface area contributed by atoms with E-state index in [1.165, 1.54) is 5.56 Å². The average Bonchev–Trinajstić information content (AvgIpc) is 2.79. The van der Waals surface area contributed by atoms with Crippen molar-refractivity contribution in [3.8, 4) is 11.5 Å². The Balaban J connectivity index is 1.32. The molecule has 2 aromatic rings. The van der Waals surface area contributed by atoms with Gasteiger partial charge in [-0.05, 0) is 67.9 Å². The van der Waals surface area contributed by atoms with Gasteiger partial charge in [0, 0.05) is 24.7 Å². The van der Waals surface area contributed by atoms with Crippen LogP contribution in [0.2, 0.25) is 0 Å². The number of methoxy groups -OCH3 is 1. The number of carbonyl (C=O) groups excluding carboxylic acids is 2. The van der Waals surface area contributed by atoms with Gasteiger partial charge in [0.2, 0.25) is 5.91 Å². The Hall–Kier alpha value is -3.02. The predicted octanol–water partition coefficient (Wildman–Crippen LogP) is 3.24. The molecule has 6 nitrogen and oxygen atoms in total. The highest BCUT2D eigenvalue weighted by Gasteiger charge is 2.26. The number of amides is 2. The van der Waals surface area contributed by atoms with Crippen LogP contribution in [0, 0.1) is 0 Å². The van der Waals surface area contributed by atoms with E-state index in [1.54, 1.807) is 13.2 Å². The van der Waals surface area contributed by atoms with Crippen molar-refractivity contribution in [2.24, 2.45) is 0 Å². The Morgan fingerprint density at radius 2 is 1.77 bits per heavy atom. The van der Waals surface area contributed by atoms with Crippen LogP contribution >= 0.6 is 0 Å². The predicted molar refractivity (Wildman–Crippen MR) is 119 cm³/mol. The summed E-state index contributed by atoms with van der Waals surface area (Å²) in [5.41, 5.74) is 3.57. The van der Waals surface area contributed by atoms with Crippen LogP contribution in [0.15, 0.2) is 36.4 Å². The van der Waals surface area contributed by atoms with Crippen LogP contribution in [-0.4, -0.2) is 48.1 Å². The molecule has 4 rings (SSSR count). The zero-order chi connectivity index (χ0) is 21.8. The molecule has 1 aliphatic carbocycles. The number of para-hydroxylation sites is 1. The number of benzene rings is 2. The summed E-state index contributed by atoms with van der Waals surface area (Å²) in [6.45, 7) is 1.21. The summed E-state index contributed by atoms with van der Waals surface area (Å²) < 4.78 is 5.34. The lowest BCUT2D eigenvalue weighted by Gasteiger charge is -2.32. The first-order valence-corrected chi connectivity index (χ1v) is 11.1. The van der Waals surface area contributed by atoms with Gasteiger partial charge in [0.15, 0.2) is 0 Å². The van der Waals surface area contributed by atoms with Gasteiger partial charge < -0.3 is 20.1 Å². The first-order chi connectivity index (χ1) is 15.0. The molecule has 2 N–H and O–H groups in total. The first-order valence-electron chi connectivity index (χ1n) is 11.1. The van der Waals surface area contributed by atoms with Gasteiger partial charge in [-0.1, -0.05) is 18.2 Å². The molecule has 0 atom stereocenters. The maximum Gasteiger partial charge on any atom is 0.255 e. The Kier molecular flexibility index (Phi) is 6.44. The van der Waals surface area contributed by atoms with E-state index in [4.69, 9.17) is 4.74 Å². The highest BCUT2D eigenvalue weighted by atomic mass is 16.5. The Bertz CT molecular complexity index is 964. The molecule has 6 heteroatoms. The molecule has 0 unspecified atom stereocenters. The van der Waals surface area contributed by atoms with Crippen molar-refractivity contribution in [3.05, 3.63) is 58.7 Å². The zero-order valence-electron chi connectivity index (χ0n) is 18.0. The van der Waals surface area contributed by atoms with Crippen LogP contribution in [0.25, 0.3) is 0 Å². The monoisotopic (exact) mass is 422 g/mol. The number of fused-ring (bicyclic) bond motifs is 1. The van der Waals surface area contributed by atoms with Crippen molar-refractivity contribution in [2.45, 2.75) is 51.0 Å². The number of phenols is 1. The summed E-state index contributed by atoms with van der Waals surface area (Å²) in [5, 5.41) is 13.4. The third-order valence-electron chi connectivity index (χ3n) is 6.42. The topological polar surface area (TPSA) is 78.9 Å². The zero-order valence-corrected chi connectivity index (χ0v) is 18.0. The fraction of sp³-hybridized carbons (Fsp3) is 0.440. The van der Waals surface area contributed by atoms with Gasteiger partial charge in [-0.25, -0.2) is 0 Å². The lowest BCUT2D eigenvalue weighted by atomic mass is 9.89. The quantitative estimate of drug-likeness (QED) is 0.775. The maximum atomic E-state index is 12.8. The number of carbonyl (C=O) groups is 2. The highest BCUT2D eigenvalue weighted by molar-refractivity contribution is 5.97. The molecule has 0 spiro atoms. The summed E-state index contributed by atoms with van der Waals surface area (Å²) in [5.74, 6) is 0.622. The van der Waals surface area contributed by atoms with E-state index in [0.29, 0.717) is 37.9 Å². The number of ether oxygens (including phenoxy) is 1. The third kappa shape index (κ3) is 4.84. The second kappa shape index (κ2) is 9.41. The molecule has 164 valence electrons.